The molecule has 1 aliphatic heterocycles. The summed E-state index contributed by atoms with van der Waals surface area (Å²) >= 11 is 1.68. The summed E-state index contributed by atoms with van der Waals surface area (Å²) in [5.74, 6) is 0.958. The van der Waals surface area contributed by atoms with E-state index >= 15 is 0 Å². The summed E-state index contributed by atoms with van der Waals surface area (Å²) in [5, 5.41) is 4.50. The fourth-order valence-corrected chi connectivity index (χ4v) is 5.06. The number of hydrogen-bond acceptors (Lipinski definition) is 7. The minimum Gasteiger partial charge on any atom is -0.464 e. The molecule has 0 saturated carbocycles. The first-order valence-electron chi connectivity index (χ1n) is 10.0. The summed E-state index contributed by atoms with van der Waals surface area (Å²) in [5.41, 5.74) is 4.27. The number of hydrogen-bond donors (Lipinski definition) is 1. The van der Waals surface area contributed by atoms with Crippen LogP contribution in [0, 0.1) is 6.92 Å². The van der Waals surface area contributed by atoms with Crippen molar-refractivity contribution in [3.05, 3.63) is 42.1 Å². The number of rotatable bonds is 4. The van der Waals surface area contributed by atoms with Gasteiger partial charge in [0.25, 0.3) is 0 Å². The quantitative estimate of drug-likeness (QED) is 0.505. The van der Waals surface area contributed by atoms with E-state index in [4.69, 9.17) is 19.7 Å². The van der Waals surface area contributed by atoms with Crippen LogP contribution in [-0.4, -0.2) is 47.7 Å². The van der Waals surface area contributed by atoms with Crippen molar-refractivity contribution < 1.29 is 4.74 Å². The first-order valence-corrected chi connectivity index (χ1v) is 10.8. The molecular formula is C22H24ClN5OS. The number of nitrogens with one attached hydrogen (secondary N) is 1. The number of piperazine rings is 1. The van der Waals surface area contributed by atoms with Gasteiger partial charge < -0.3 is 15.0 Å². The second kappa shape index (κ2) is 8.71. The summed E-state index contributed by atoms with van der Waals surface area (Å²) in [7, 11) is 0. The van der Waals surface area contributed by atoms with Crippen LogP contribution >= 0.6 is 23.7 Å². The van der Waals surface area contributed by atoms with E-state index in [1.54, 1.807) is 11.3 Å². The molecule has 0 radical (unpaired) electrons. The molecule has 5 rings (SSSR count). The van der Waals surface area contributed by atoms with E-state index in [1.165, 1.54) is 5.56 Å². The lowest BCUT2D eigenvalue weighted by atomic mass is 10.0. The van der Waals surface area contributed by atoms with E-state index in [0.717, 1.165) is 63.7 Å². The van der Waals surface area contributed by atoms with Gasteiger partial charge >= 0.3 is 6.01 Å². The van der Waals surface area contributed by atoms with Gasteiger partial charge in [0.15, 0.2) is 5.82 Å². The number of nitrogens with zero attached hydrogens (tertiary/aromatic N) is 4. The van der Waals surface area contributed by atoms with Crippen LogP contribution < -0.4 is 15.0 Å². The Bertz CT molecular complexity index is 1170. The van der Waals surface area contributed by atoms with Crippen molar-refractivity contribution in [2.24, 2.45) is 0 Å². The fourth-order valence-electron chi connectivity index (χ4n) is 3.86. The number of thiophene rings is 1. The molecule has 1 N–H and O–H groups in total. The van der Waals surface area contributed by atoms with Crippen LogP contribution in [0.5, 0.6) is 6.01 Å². The van der Waals surface area contributed by atoms with Crippen LogP contribution in [0.4, 0.5) is 5.82 Å². The third-order valence-corrected chi connectivity index (χ3v) is 6.22. The van der Waals surface area contributed by atoms with Gasteiger partial charge in [-0.05, 0) is 31.0 Å². The topological polar surface area (TPSA) is 63.2 Å². The average Bonchev–Trinajstić information content (AvgIpc) is 3.12. The molecule has 1 fully saturated rings. The van der Waals surface area contributed by atoms with E-state index in [-0.39, 0.29) is 12.4 Å². The number of ether oxygens (including phenoxy) is 1. The maximum Gasteiger partial charge on any atom is 0.319 e. The van der Waals surface area contributed by atoms with E-state index < -0.39 is 0 Å². The van der Waals surface area contributed by atoms with Crippen molar-refractivity contribution in [3.63, 3.8) is 0 Å². The average molecular weight is 442 g/mol. The van der Waals surface area contributed by atoms with E-state index in [2.05, 4.69) is 40.5 Å². The molecule has 0 aliphatic carbocycles. The monoisotopic (exact) mass is 441 g/mol. The molecule has 156 valence electrons. The van der Waals surface area contributed by atoms with Crippen LogP contribution in [0.2, 0.25) is 0 Å². The minimum atomic E-state index is 0. The number of benzene rings is 1. The van der Waals surface area contributed by atoms with E-state index in [1.807, 2.05) is 19.9 Å². The Morgan fingerprint density at radius 1 is 1.10 bits per heavy atom. The summed E-state index contributed by atoms with van der Waals surface area (Å²) in [6, 6.07) is 13.0. The van der Waals surface area contributed by atoms with Gasteiger partial charge in [-0.3, -0.25) is 0 Å². The summed E-state index contributed by atoms with van der Waals surface area (Å²) in [6.07, 6.45) is 0. The highest BCUT2D eigenvalue weighted by Crippen LogP contribution is 2.42. The molecule has 6 nitrogen and oxygen atoms in total. The largest absolute Gasteiger partial charge is 0.464 e. The van der Waals surface area contributed by atoms with Gasteiger partial charge in [-0.15, -0.1) is 23.7 Å². The lowest BCUT2D eigenvalue weighted by Gasteiger charge is -2.28. The van der Waals surface area contributed by atoms with Gasteiger partial charge in [0.1, 0.15) is 10.3 Å². The Kier molecular flexibility index (Phi) is 6.04. The summed E-state index contributed by atoms with van der Waals surface area (Å²) in [4.78, 5) is 17.8. The van der Waals surface area contributed by atoms with Gasteiger partial charge in [-0.2, -0.15) is 9.97 Å². The molecule has 1 saturated heterocycles. The molecule has 0 spiro atoms. The fraction of sp³-hybridized carbons (Fsp3) is 0.318. The van der Waals surface area contributed by atoms with Crippen molar-refractivity contribution >= 4 is 50.0 Å². The van der Waals surface area contributed by atoms with Crippen LogP contribution in [0.3, 0.4) is 0 Å². The van der Waals surface area contributed by atoms with Crippen LogP contribution in [0.1, 0.15) is 12.6 Å². The number of halogens is 1. The predicted octanol–water partition coefficient (Wildman–Crippen LogP) is 4.45. The highest BCUT2D eigenvalue weighted by molar-refractivity contribution is 7.26. The highest BCUT2D eigenvalue weighted by Gasteiger charge is 2.23. The third-order valence-electron chi connectivity index (χ3n) is 5.15. The lowest BCUT2D eigenvalue weighted by Crippen LogP contribution is -2.44. The summed E-state index contributed by atoms with van der Waals surface area (Å²) in [6.45, 7) is 8.29. The zero-order valence-corrected chi connectivity index (χ0v) is 18.6. The molecule has 0 unspecified atom stereocenters. The molecule has 0 amide bonds. The van der Waals surface area contributed by atoms with Crippen LogP contribution in [-0.2, 0) is 0 Å². The molecule has 8 heteroatoms. The Balaban J connectivity index is 0.00000218. The number of fused-ring (bicyclic) bond motifs is 3. The van der Waals surface area contributed by atoms with Crippen molar-refractivity contribution in [1.82, 2.24) is 20.3 Å². The van der Waals surface area contributed by atoms with Gasteiger partial charge in [0, 0.05) is 37.3 Å². The van der Waals surface area contributed by atoms with Crippen LogP contribution in [0.15, 0.2) is 36.4 Å². The Labute approximate surface area is 185 Å². The number of pyridine rings is 1. The molecule has 4 aromatic rings. The standard InChI is InChI=1S/C22H23N5OS.ClH/c1-3-28-22-25-18-17-16(15-7-5-4-6-8-15)13-14(2)24-21(17)29-19(18)20(26-22)27-11-9-23-10-12-27;/h4-8,13,23H,3,9-12H2,1-2H3;1H. The second-order valence-corrected chi connectivity index (χ2v) is 8.14. The van der Waals surface area contributed by atoms with Gasteiger partial charge in [-0.25, -0.2) is 4.98 Å². The van der Waals surface area contributed by atoms with Crippen molar-refractivity contribution in [1.29, 1.82) is 0 Å². The number of aromatic nitrogens is 3. The van der Waals surface area contributed by atoms with Gasteiger partial charge in [-0.1, -0.05) is 30.3 Å². The first kappa shape index (κ1) is 20.8. The second-order valence-electron chi connectivity index (χ2n) is 7.14. The van der Waals surface area contributed by atoms with E-state index in [0.29, 0.717) is 12.6 Å². The zero-order valence-electron chi connectivity index (χ0n) is 17.0. The third kappa shape index (κ3) is 3.69. The number of aryl methyl sites for hydroxylation is 1. The maximum atomic E-state index is 5.75. The molecule has 3 aromatic heterocycles. The normalized spacial score (nSPS) is 14.1. The van der Waals surface area contributed by atoms with Gasteiger partial charge in [0.05, 0.1) is 11.3 Å². The molecule has 1 aliphatic rings. The Morgan fingerprint density at radius 2 is 1.87 bits per heavy atom. The SMILES string of the molecule is CCOc1nc(N2CCNCC2)c2sc3nc(C)cc(-c4ccccc4)c3c2n1.Cl. The molecule has 30 heavy (non-hydrogen) atoms. The zero-order chi connectivity index (χ0) is 19.8. The number of anilines is 1. The van der Waals surface area contributed by atoms with Crippen molar-refractivity contribution in [2.75, 3.05) is 37.7 Å². The maximum absolute atomic E-state index is 5.75. The molecule has 0 atom stereocenters. The van der Waals surface area contributed by atoms with E-state index in [9.17, 15) is 0 Å². The first-order chi connectivity index (χ1) is 14.2. The minimum absolute atomic E-state index is 0. The Morgan fingerprint density at radius 3 is 2.60 bits per heavy atom. The molecule has 4 heterocycles. The molecule has 1 aromatic carbocycles. The highest BCUT2D eigenvalue weighted by atomic mass is 35.5. The van der Waals surface area contributed by atoms with Crippen molar-refractivity contribution in [3.8, 4) is 17.1 Å². The Hall–Kier alpha value is -2.48. The summed E-state index contributed by atoms with van der Waals surface area (Å²) < 4.78 is 6.84. The lowest BCUT2D eigenvalue weighted by molar-refractivity contribution is 0.314. The smallest absolute Gasteiger partial charge is 0.319 e. The predicted molar refractivity (Wildman–Crippen MR) is 126 cm³/mol. The van der Waals surface area contributed by atoms with Gasteiger partial charge in [0.2, 0.25) is 0 Å². The molecular weight excluding hydrogens is 418 g/mol. The molecule has 0 bridgehead atoms. The van der Waals surface area contributed by atoms with Crippen molar-refractivity contribution in [2.45, 2.75) is 13.8 Å². The van der Waals surface area contributed by atoms with Crippen LogP contribution in [0.25, 0.3) is 31.6 Å².